The van der Waals surface area contributed by atoms with Gasteiger partial charge in [0.1, 0.15) is 41.0 Å². The molecule has 1 heterocycles. The van der Waals surface area contributed by atoms with Crippen molar-refractivity contribution < 1.29 is 27.5 Å². The van der Waals surface area contributed by atoms with Gasteiger partial charge in [-0.3, -0.25) is 14.5 Å². The molecule has 0 spiro atoms. The summed E-state index contributed by atoms with van der Waals surface area (Å²) in [5.74, 6) is -5.35. The quantitative estimate of drug-likeness (QED) is 0.512. The predicted molar refractivity (Wildman–Crippen MR) is 116 cm³/mol. The van der Waals surface area contributed by atoms with Crippen LogP contribution < -0.4 is 4.90 Å². The molecule has 6 nitrogen and oxygen atoms in total. The monoisotopic (exact) mass is 457 g/mol. The van der Waals surface area contributed by atoms with Crippen molar-refractivity contribution in [2.75, 3.05) is 11.4 Å². The maximum Gasteiger partial charge on any atom is 0.326 e. The SMILES string of the molecule is Cc1nccc(-c2cccc(N(CC(=O)OC(C)(C)C)C(=O)c3c(F)cc(F)cc3F)c2)n1. The fraction of sp³-hybridized carbons (Fsp3) is 0.250. The summed E-state index contributed by atoms with van der Waals surface area (Å²) in [6.07, 6.45) is 1.57. The molecule has 3 aromatic rings. The largest absolute Gasteiger partial charge is 0.459 e. The van der Waals surface area contributed by atoms with Crippen LogP contribution in [0.4, 0.5) is 18.9 Å². The van der Waals surface area contributed by atoms with Crippen LogP contribution in [0.25, 0.3) is 11.3 Å². The lowest BCUT2D eigenvalue weighted by Gasteiger charge is -2.26. The molecule has 0 fully saturated rings. The Morgan fingerprint density at radius 2 is 1.70 bits per heavy atom. The molecule has 33 heavy (non-hydrogen) atoms. The molecule has 0 bridgehead atoms. The van der Waals surface area contributed by atoms with E-state index < -0.39 is 47.0 Å². The van der Waals surface area contributed by atoms with Gasteiger partial charge in [-0.15, -0.1) is 0 Å². The summed E-state index contributed by atoms with van der Waals surface area (Å²) in [6.45, 7) is 6.03. The van der Waals surface area contributed by atoms with Crippen molar-refractivity contribution in [1.29, 1.82) is 0 Å². The third-order valence-electron chi connectivity index (χ3n) is 4.40. The molecule has 1 aromatic heterocycles. The number of halogens is 3. The topological polar surface area (TPSA) is 72.4 Å². The molecule has 0 N–H and O–H groups in total. The first-order valence-corrected chi connectivity index (χ1v) is 10.0. The Labute approximate surface area is 189 Å². The first kappa shape index (κ1) is 23.9. The lowest BCUT2D eigenvalue weighted by atomic mass is 10.1. The first-order chi connectivity index (χ1) is 15.4. The highest BCUT2D eigenvalue weighted by atomic mass is 19.1. The van der Waals surface area contributed by atoms with E-state index >= 15 is 0 Å². The van der Waals surface area contributed by atoms with E-state index in [9.17, 15) is 22.8 Å². The summed E-state index contributed by atoms with van der Waals surface area (Å²) in [5.41, 5.74) is -0.530. The van der Waals surface area contributed by atoms with E-state index in [1.54, 1.807) is 58.2 Å². The number of benzene rings is 2. The highest BCUT2D eigenvalue weighted by Gasteiger charge is 2.29. The van der Waals surface area contributed by atoms with Crippen LogP contribution in [-0.2, 0) is 9.53 Å². The molecule has 0 saturated heterocycles. The zero-order chi connectivity index (χ0) is 24.3. The molecule has 1 amide bonds. The molecule has 9 heteroatoms. The number of aromatic nitrogens is 2. The van der Waals surface area contributed by atoms with Crippen LogP contribution in [0.15, 0.2) is 48.7 Å². The Kier molecular flexibility index (Phi) is 6.81. The van der Waals surface area contributed by atoms with Gasteiger partial charge in [0.05, 0.1) is 5.69 Å². The summed E-state index contributed by atoms with van der Waals surface area (Å²) in [5, 5.41) is 0. The smallest absolute Gasteiger partial charge is 0.326 e. The Balaban J connectivity index is 2.07. The third-order valence-corrected chi connectivity index (χ3v) is 4.40. The minimum Gasteiger partial charge on any atom is -0.459 e. The van der Waals surface area contributed by atoms with Crippen LogP contribution in [0.1, 0.15) is 37.0 Å². The molecule has 3 rings (SSSR count). The minimum absolute atomic E-state index is 0.169. The molecule has 0 aliphatic heterocycles. The molecular weight excluding hydrogens is 435 g/mol. The average Bonchev–Trinajstić information content (AvgIpc) is 2.70. The Morgan fingerprint density at radius 3 is 2.30 bits per heavy atom. The molecule has 172 valence electrons. The van der Waals surface area contributed by atoms with E-state index in [0.29, 0.717) is 29.2 Å². The second kappa shape index (κ2) is 9.40. The normalized spacial score (nSPS) is 11.2. The van der Waals surface area contributed by atoms with Gasteiger partial charge < -0.3 is 4.74 Å². The van der Waals surface area contributed by atoms with Gasteiger partial charge in [-0.05, 0) is 45.9 Å². The van der Waals surface area contributed by atoms with Gasteiger partial charge in [0, 0.05) is 29.6 Å². The summed E-state index contributed by atoms with van der Waals surface area (Å²) < 4.78 is 47.4. The third kappa shape index (κ3) is 5.94. The summed E-state index contributed by atoms with van der Waals surface area (Å²) in [4.78, 5) is 35.0. The van der Waals surface area contributed by atoms with Gasteiger partial charge in [-0.25, -0.2) is 23.1 Å². The molecule has 0 atom stereocenters. The fourth-order valence-electron chi connectivity index (χ4n) is 3.11. The van der Waals surface area contributed by atoms with Crippen LogP contribution in [-0.4, -0.2) is 34.0 Å². The number of aryl methyl sites for hydroxylation is 1. The van der Waals surface area contributed by atoms with E-state index in [2.05, 4.69) is 9.97 Å². The van der Waals surface area contributed by atoms with Crippen molar-refractivity contribution in [2.45, 2.75) is 33.3 Å². The summed E-state index contributed by atoms with van der Waals surface area (Å²) in [6, 6.07) is 8.84. The number of rotatable bonds is 5. The van der Waals surface area contributed by atoms with Crippen molar-refractivity contribution in [1.82, 2.24) is 9.97 Å². The predicted octanol–water partition coefficient (Wildman–Crippen LogP) is 4.86. The van der Waals surface area contributed by atoms with E-state index in [0.717, 1.165) is 4.90 Å². The van der Waals surface area contributed by atoms with E-state index in [1.807, 2.05) is 0 Å². The Bertz CT molecular complexity index is 1190. The number of esters is 1. The highest BCUT2D eigenvalue weighted by Crippen LogP contribution is 2.26. The van der Waals surface area contributed by atoms with Gasteiger partial charge in [-0.1, -0.05) is 12.1 Å². The van der Waals surface area contributed by atoms with Crippen LogP contribution in [0.2, 0.25) is 0 Å². The van der Waals surface area contributed by atoms with Gasteiger partial charge in [0.15, 0.2) is 0 Å². The van der Waals surface area contributed by atoms with Crippen molar-refractivity contribution in [3.8, 4) is 11.3 Å². The maximum atomic E-state index is 14.4. The lowest BCUT2D eigenvalue weighted by Crippen LogP contribution is -2.39. The molecule has 0 aliphatic rings. The molecule has 0 saturated carbocycles. The average molecular weight is 457 g/mol. The van der Waals surface area contributed by atoms with Crippen molar-refractivity contribution in [3.63, 3.8) is 0 Å². The number of carbonyl (C=O) groups is 2. The highest BCUT2D eigenvalue weighted by molar-refractivity contribution is 6.08. The zero-order valence-corrected chi connectivity index (χ0v) is 18.5. The molecule has 2 aromatic carbocycles. The van der Waals surface area contributed by atoms with E-state index in [-0.39, 0.29) is 5.69 Å². The van der Waals surface area contributed by atoms with Gasteiger partial charge in [0.25, 0.3) is 5.91 Å². The molecule has 0 unspecified atom stereocenters. The number of nitrogens with zero attached hydrogens (tertiary/aromatic N) is 3. The second-order valence-corrected chi connectivity index (χ2v) is 8.26. The van der Waals surface area contributed by atoms with Gasteiger partial charge in [0.2, 0.25) is 0 Å². The van der Waals surface area contributed by atoms with Crippen molar-refractivity contribution in [2.24, 2.45) is 0 Å². The molecule has 0 radical (unpaired) electrons. The number of amides is 1. The maximum absolute atomic E-state index is 14.4. The van der Waals surface area contributed by atoms with Crippen molar-refractivity contribution >= 4 is 17.6 Å². The Morgan fingerprint density at radius 1 is 1.03 bits per heavy atom. The number of ether oxygens (including phenoxy) is 1. The molecular formula is C24H22F3N3O3. The van der Waals surface area contributed by atoms with Gasteiger partial charge in [-0.2, -0.15) is 0 Å². The summed E-state index contributed by atoms with van der Waals surface area (Å²) >= 11 is 0. The zero-order valence-electron chi connectivity index (χ0n) is 18.5. The lowest BCUT2D eigenvalue weighted by molar-refractivity contribution is -0.152. The summed E-state index contributed by atoms with van der Waals surface area (Å²) in [7, 11) is 0. The van der Waals surface area contributed by atoms with Crippen LogP contribution in [0, 0.1) is 24.4 Å². The van der Waals surface area contributed by atoms with Crippen LogP contribution in [0.5, 0.6) is 0 Å². The Hall–Kier alpha value is -3.75. The van der Waals surface area contributed by atoms with E-state index in [4.69, 9.17) is 4.74 Å². The number of carbonyl (C=O) groups excluding carboxylic acids is 2. The second-order valence-electron chi connectivity index (χ2n) is 8.26. The number of hydrogen-bond acceptors (Lipinski definition) is 5. The fourth-order valence-corrected chi connectivity index (χ4v) is 3.11. The number of hydrogen-bond donors (Lipinski definition) is 0. The van der Waals surface area contributed by atoms with Crippen molar-refractivity contribution in [3.05, 3.63) is 77.5 Å². The number of anilines is 1. The standard InChI is InChI=1S/C24H22F3N3O3/c1-14-28-9-8-20(29-14)15-6-5-7-17(10-15)30(13-21(31)33-24(2,3)4)23(32)22-18(26)11-16(25)12-19(22)27/h5-12H,13H2,1-4H3. The van der Waals surface area contributed by atoms with Gasteiger partial charge >= 0.3 is 5.97 Å². The molecule has 0 aliphatic carbocycles. The van der Waals surface area contributed by atoms with Crippen LogP contribution >= 0.6 is 0 Å². The minimum atomic E-state index is -1.38. The van der Waals surface area contributed by atoms with E-state index in [1.165, 1.54) is 6.07 Å². The van der Waals surface area contributed by atoms with Crippen LogP contribution in [0.3, 0.4) is 0 Å². The first-order valence-electron chi connectivity index (χ1n) is 10.0.